The largest absolute Gasteiger partial charge is 0.450 e. The Labute approximate surface area is 136 Å². The highest BCUT2D eigenvalue weighted by atomic mass is 79.9. The van der Waals surface area contributed by atoms with Gasteiger partial charge in [-0.2, -0.15) is 0 Å². The van der Waals surface area contributed by atoms with Gasteiger partial charge in [-0.25, -0.2) is 4.79 Å². The van der Waals surface area contributed by atoms with Gasteiger partial charge in [0.1, 0.15) is 5.76 Å². The Morgan fingerprint density at radius 3 is 2.59 bits per heavy atom. The van der Waals surface area contributed by atoms with Gasteiger partial charge >= 0.3 is 5.97 Å². The smallest absolute Gasteiger partial charge is 0.331 e. The zero-order valence-corrected chi connectivity index (χ0v) is 13.4. The van der Waals surface area contributed by atoms with Crippen molar-refractivity contribution in [2.45, 2.75) is 13.0 Å². The van der Waals surface area contributed by atoms with Gasteiger partial charge in [0, 0.05) is 11.8 Å². The number of rotatable bonds is 5. The monoisotopic (exact) mass is 363 g/mol. The van der Waals surface area contributed by atoms with E-state index in [1.807, 2.05) is 6.07 Å². The number of ether oxygens (including phenoxy) is 1. The van der Waals surface area contributed by atoms with Gasteiger partial charge in [0.15, 0.2) is 10.8 Å². The van der Waals surface area contributed by atoms with Crippen LogP contribution in [-0.4, -0.2) is 18.0 Å². The van der Waals surface area contributed by atoms with E-state index < -0.39 is 18.0 Å². The number of nitrogens with one attached hydrogen (secondary N) is 1. The van der Waals surface area contributed by atoms with E-state index in [4.69, 9.17) is 9.15 Å². The summed E-state index contributed by atoms with van der Waals surface area (Å²) in [7, 11) is 0. The second kappa shape index (κ2) is 7.61. The van der Waals surface area contributed by atoms with Crippen molar-refractivity contribution in [3.05, 3.63) is 59.0 Å². The normalized spacial score (nSPS) is 12.1. The average Bonchev–Trinajstić information content (AvgIpc) is 2.92. The van der Waals surface area contributed by atoms with E-state index in [1.54, 1.807) is 36.4 Å². The molecule has 0 fully saturated rings. The maximum atomic E-state index is 11.9. The van der Waals surface area contributed by atoms with Crippen LogP contribution in [0.3, 0.4) is 0 Å². The summed E-state index contributed by atoms with van der Waals surface area (Å²) in [5.41, 5.74) is 0.645. The van der Waals surface area contributed by atoms with E-state index in [9.17, 15) is 9.59 Å². The summed E-state index contributed by atoms with van der Waals surface area (Å²) in [6.07, 6.45) is 1.77. The summed E-state index contributed by atoms with van der Waals surface area (Å²) >= 11 is 3.16. The van der Waals surface area contributed by atoms with Crippen molar-refractivity contribution in [3.63, 3.8) is 0 Å². The quantitative estimate of drug-likeness (QED) is 0.650. The first-order chi connectivity index (χ1) is 10.5. The number of hydrogen-bond donors (Lipinski definition) is 1. The summed E-state index contributed by atoms with van der Waals surface area (Å²) in [6.45, 7) is 1.51. The Bertz CT molecular complexity index is 678. The maximum Gasteiger partial charge on any atom is 0.331 e. The molecule has 0 bridgehead atoms. The van der Waals surface area contributed by atoms with Gasteiger partial charge in [-0.15, -0.1) is 0 Å². The molecule has 6 heteroatoms. The fraction of sp³-hybridized carbons (Fsp3) is 0.125. The zero-order valence-electron chi connectivity index (χ0n) is 11.8. The molecule has 0 saturated carbocycles. The number of carbonyl (C=O) groups excluding carboxylic acids is 2. The lowest BCUT2D eigenvalue weighted by atomic mass is 10.3. The molecule has 0 aliphatic heterocycles. The number of hydrogen-bond acceptors (Lipinski definition) is 4. The van der Waals surface area contributed by atoms with E-state index in [-0.39, 0.29) is 0 Å². The van der Waals surface area contributed by atoms with Crippen molar-refractivity contribution in [2.24, 2.45) is 0 Å². The second-order valence-electron chi connectivity index (χ2n) is 4.41. The molecule has 0 unspecified atom stereocenters. The van der Waals surface area contributed by atoms with Gasteiger partial charge < -0.3 is 14.5 Å². The molecule has 0 aliphatic carbocycles. The zero-order chi connectivity index (χ0) is 15.9. The van der Waals surface area contributed by atoms with Crippen molar-refractivity contribution in [2.75, 3.05) is 5.32 Å². The van der Waals surface area contributed by atoms with Crippen molar-refractivity contribution in [1.82, 2.24) is 0 Å². The number of para-hydroxylation sites is 1. The molecule has 0 radical (unpaired) electrons. The number of benzene rings is 1. The highest BCUT2D eigenvalue weighted by molar-refractivity contribution is 9.10. The lowest BCUT2D eigenvalue weighted by Gasteiger charge is -2.12. The van der Waals surface area contributed by atoms with E-state index >= 15 is 0 Å². The molecule has 1 heterocycles. The van der Waals surface area contributed by atoms with E-state index in [2.05, 4.69) is 21.2 Å². The molecule has 22 heavy (non-hydrogen) atoms. The molecule has 2 aromatic rings. The molecule has 1 aromatic heterocycles. The molecule has 0 aliphatic rings. The van der Waals surface area contributed by atoms with Gasteiger partial charge in [0.05, 0.1) is 0 Å². The van der Waals surface area contributed by atoms with Gasteiger partial charge in [0.25, 0.3) is 5.91 Å². The van der Waals surface area contributed by atoms with Crippen LogP contribution in [0.2, 0.25) is 0 Å². The lowest BCUT2D eigenvalue weighted by molar-refractivity contribution is -0.148. The molecule has 0 saturated heterocycles. The highest BCUT2D eigenvalue weighted by Gasteiger charge is 2.16. The van der Waals surface area contributed by atoms with Gasteiger partial charge in [-0.1, -0.05) is 18.2 Å². The Morgan fingerprint density at radius 2 is 1.95 bits per heavy atom. The minimum Gasteiger partial charge on any atom is -0.450 e. The molecule has 1 amide bonds. The average molecular weight is 364 g/mol. The number of carbonyl (C=O) groups is 2. The second-order valence-corrected chi connectivity index (χ2v) is 5.19. The van der Waals surface area contributed by atoms with Crippen molar-refractivity contribution < 1.29 is 18.7 Å². The molecule has 114 valence electrons. The summed E-state index contributed by atoms with van der Waals surface area (Å²) in [5, 5.41) is 2.66. The summed E-state index contributed by atoms with van der Waals surface area (Å²) in [6, 6.07) is 12.4. The standard InChI is InChI=1S/C16H14BrNO4/c1-11(16(20)18-12-5-3-2-4-6-12)21-15(19)10-8-13-7-9-14(17)22-13/h2-11H,1H3,(H,18,20)/t11-/m0/s1. The molecule has 1 atom stereocenters. The predicted octanol–water partition coefficient (Wildman–Crippen LogP) is 3.63. The Kier molecular flexibility index (Phi) is 5.55. The van der Waals surface area contributed by atoms with Gasteiger partial charge in [-0.3, -0.25) is 4.79 Å². The molecular formula is C16H14BrNO4. The molecule has 5 nitrogen and oxygen atoms in total. The topological polar surface area (TPSA) is 68.5 Å². The number of halogens is 1. The van der Waals surface area contributed by atoms with E-state index in [0.29, 0.717) is 16.1 Å². The third-order valence-electron chi connectivity index (χ3n) is 2.68. The van der Waals surface area contributed by atoms with Crippen LogP contribution < -0.4 is 5.32 Å². The molecule has 2 rings (SSSR count). The minimum atomic E-state index is -0.902. The number of esters is 1. The fourth-order valence-electron chi connectivity index (χ4n) is 1.60. The van der Waals surface area contributed by atoms with Gasteiger partial charge in [-0.05, 0) is 53.2 Å². The lowest BCUT2D eigenvalue weighted by Crippen LogP contribution is -2.29. The third kappa shape index (κ3) is 4.89. The summed E-state index contributed by atoms with van der Waals surface area (Å²) < 4.78 is 10.8. The van der Waals surface area contributed by atoms with Crippen LogP contribution in [0.4, 0.5) is 5.69 Å². The van der Waals surface area contributed by atoms with Crippen LogP contribution >= 0.6 is 15.9 Å². The Balaban J connectivity index is 1.85. The summed E-state index contributed by atoms with van der Waals surface area (Å²) in [5.74, 6) is -0.512. The fourth-order valence-corrected chi connectivity index (χ4v) is 1.92. The van der Waals surface area contributed by atoms with Crippen molar-refractivity contribution in [3.8, 4) is 0 Å². The summed E-state index contributed by atoms with van der Waals surface area (Å²) in [4.78, 5) is 23.5. The predicted molar refractivity (Wildman–Crippen MR) is 86.1 cm³/mol. The van der Waals surface area contributed by atoms with Crippen LogP contribution in [0, 0.1) is 0 Å². The highest BCUT2D eigenvalue weighted by Crippen LogP contribution is 2.15. The molecule has 0 spiro atoms. The Morgan fingerprint density at radius 1 is 1.23 bits per heavy atom. The molecule has 1 N–H and O–H groups in total. The van der Waals surface area contributed by atoms with Crippen LogP contribution in [0.15, 0.2) is 57.6 Å². The van der Waals surface area contributed by atoms with Crippen LogP contribution in [0.5, 0.6) is 0 Å². The first-order valence-electron chi connectivity index (χ1n) is 6.54. The number of furan rings is 1. The maximum absolute atomic E-state index is 11.9. The minimum absolute atomic E-state index is 0.395. The Hall–Kier alpha value is -2.34. The van der Waals surface area contributed by atoms with E-state index in [0.717, 1.165) is 0 Å². The number of anilines is 1. The van der Waals surface area contributed by atoms with Crippen LogP contribution in [0.1, 0.15) is 12.7 Å². The van der Waals surface area contributed by atoms with E-state index in [1.165, 1.54) is 19.1 Å². The first kappa shape index (κ1) is 16.0. The number of amides is 1. The van der Waals surface area contributed by atoms with Gasteiger partial charge in [0.2, 0.25) is 0 Å². The van der Waals surface area contributed by atoms with Crippen molar-refractivity contribution >= 4 is 39.6 Å². The SMILES string of the molecule is C[C@H](OC(=O)C=Cc1ccc(Br)o1)C(=O)Nc1ccccc1. The molecule has 1 aromatic carbocycles. The van der Waals surface area contributed by atoms with Crippen LogP contribution in [-0.2, 0) is 14.3 Å². The third-order valence-corrected chi connectivity index (χ3v) is 3.11. The molecular weight excluding hydrogens is 350 g/mol. The first-order valence-corrected chi connectivity index (χ1v) is 7.34. The van der Waals surface area contributed by atoms with Crippen LogP contribution in [0.25, 0.3) is 6.08 Å². The van der Waals surface area contributed by atoms with Crippen molar-refractivity contribution in [1.29, 1.82) is 0 Å².